The van der Waals surface area contributed by atoms with Crippen LogP contribution in [0, 0.1) is 0 Å². The minimum absolute atomic E-state index is 0.247. The fraction of sp³-hybridized carbons (Fsp3) is 0.278. The van der Waals surface area contributed by atoms with Crippen molar-refractivity contribution in [1.82, 2.24) is 0 Å². The Labute approximate surface area is 139 Å². The first kappa shape index (κ1) is 15.7. The van der Waals surface area contributed by atoms with Crippen LogP contribution in [-0.2, 0) is 10.5 Å². The Morgan fingerprint density at radius 1 is 1.13 bits per heavy atom. The highest BCUT2D eigenvalue weighted by Crippen LogP contribution is 2.34. The van der Waals surface area contributed by atoms with E-state index >= 15 is 0 Å². The van der Waals surface area contributed by atoms with Gasteiger partial charge in [0.25, 0.3) is 0 Å². The molecule has 0 radical (unpaired) electrons. The third-order valence-corrected chi connectivity index (χ3v) is 4.60. The molecule has 1 aliphatic heterocycles. The summed E-state index contributed by atoms with van der Waals surface area (Å²) in [4.78, 5) is 12.2. The molecule has 0 saturated carbocycles. The van der Waals surface area contributed by atoms with Crippen molar-refractivity contribution in [1.29, 1.82) is 0 Å². The number of hydrogen-bond acceptors (Lipinski definition) is 5. The summed E-state index contributed by atoms with van der Waals surface area (Å²) >= 11 is 1.56. The van der Waals surface area contributed by atoms with Gasteiger partial charge in [-0.15, -0.1) is 11.8 Å². The normalized spacial score (nSPS) is 14.1. The molecule has 2 aromatic rings. The number of fused-ring (bicyclic) bond motifs is 1. The van der Waals surface area contributed by atoms with Crippen molar-refractivity contribution >= 4 is 17.7 Å². The van der Waals surface area contributed by atoms with E-state index in [1.807, 2.05) is 37.3 Å². The summed E-state index contributed by atoms with van der Waals surface area (Å²) in [6.07, 6.45) is 0. The Kier molecular flexibility index (Phi) is 5.08. The molecule has 0 aliphatic carbocycles. The molecule has 3 rings (SSSR count). The van der Waals surface area contributed by atoms with Gasteiger partial charge in [-0.1, -0.05) is 30.3 Å². The average Bonchev–Trinajstić information content (AvgIpc) is 2.60. The fourth-order valence-electron chi connectivity index (χ4n) is 2.15. The van der Waals surface area contributed by atoms with Gasteiger partial charge in [-0.25, -0.2) is 0 Å². The summed E-state index contributed by atoms with van der Waals surface area (Å²) in [5, 5.41) is -0.247. The SMILES string of the molecule is CC(SCc1ccccc1)C(=O)Oc1ccc2c(c1)OCCO2. The highest BCUT2D eigenvalue weighted by Gasteiger charge is 2.18. The van der Waals surface area contributed by atoms with Crippen molar-refractivity contribution in [2.24, 2.45) is 0 Å². The van der Waals surface area contributed by atoms with E-state index in [1.165, 1.54) is 5.56 Å². The molecular weight excluding hydrogens is 312 g/mol. The van der Waals surface area contributed by atoms with E-state index in [1.54, 1.807) is 30.0 Å². The third-order valence-electron chi connectivity index (χ3n) is 3.41. The number of thioether (sulfide) groups is 1. The molecule has 0 amide bonds. The molecule has 23 heavy (non-hydrogen) atoms. The number of esters is 1. The van der Waals surface area contributed by atoms with Crippen molar-refractivity contribution in [3.63, 3.8) is 0 Å². The molecule has 0 fully saturated rings. The van der Waals surface area contributed by atoms with Gasteiger partial charge in [0.1, 0.15) is 24.2 Å². The summed E-state index contributed by atoms with van der Waals surface area (Å²) in [7, 11) is 0. The van der Waals surface area contributed by atoms with Gasteiger partial charge in [0.15, 0.2) is 11.5 Å². The lowest BCUT2D eigenvalue weighted by Gasteiger charge is -2.19. The zero-order chi connectivity index (χ0) is 16.1. The number of benzene rings is 2. The number of carbonyl (C=O) groups excluding carboxylic acids is 1. The third kappa shape index (κ3) is 4.20. The first-order valence-corrected chi connectivity index (χ1v) is 8.54. The molecule has 1 atom stereocenters. The number of carbonyl (C=O) groups is 1. The quantitative estimate of drug-likeness (QED) is 0.618. The first-order chi connectivity index (χ1) is 11.2. The van der Waals surface area contributed by atoms with Crippen molar-refractivity contribution in [2.75, 3.05) is 13.2 Å². The lowest BCUT2D eigenvalue weighted by atomic mass is 10.2. The van der Waals surface area contributed by atoms with E-state index in [9.17, 15) is 4.79 Å². The zero-order valence-electron chi connectivity index (χ0n) is 12.9. The molecule has 0 bridgehead atoms. The fourth-order valence-corrected chi connectivity index (χ4v) is 2.97. The zero-order valence-corrected chi connectivity index (χ0v) is 13.7. The van der Waals surface area contributed by atoms with Crippen LogP contribution in [-0.4, -0.2) is 24.4 Å². The highest BCUT2D eigenvalue weighted by molar-refractivity contribution is 7.99. The predicted molar refractivity (Wildman–Crippen MR) is 90.3 cm³/mol. The lowest BCUT2D eigenvalue weighted by molar-refractivity contribution is -0.133. The van der Waals surface area contributed by atoms with Gasteiger partial charge in [0.05, 0.1) is 0 Å². The first-order valence-electron chi connectivity index (χ1n) is 7.49. The molecule has 1 unspecified atom stereocenters. The topological polar surface area (TPSA) is 44.8 Å². The monoisotopic (exact) mass is 330 g/mol. The molecule has 120 valence electrons. The van der Waals surface area contributed by atoms with E-state index in [2.05, 4.69) is 0 Å². The van der Waals surface area contributed by atoms with E-state index in [0.717, 1.165) is 5.75 Å². The number of hydrogen-bond donors (Lipinski definition) is 0. The lowest BCUT2D eigenvalue weighted by Crippen LogP contribution is -2.20. The predicted octanol–water partition coefficient (Wildman–Crippen LogP) is 3.69. The van der Waals surface area contributed by atoms with Crippen LogP contribution >= 0.6 is 11.8 Å². The van der Waals surface area contributed by atoms with E-state index in [-0.39, 0.29) is 11.2 Å². The Balaban J connectivity index is 1.56. The standard InChI is InChI=1S/C18H18O4S/c1-13(23-12-14-5-3-2-4-6-14)18(19)22-15-7-8-16-17(11-15)21-10-9-20-16/h2-8,11,13H,9-10,12H2,1H3. The van der Waals surface area contributed by atoms with E-state index in [4.69, 9.17) is 14.2 Å². The van der Waals surface area contributed by atoms with Gasteiger partial charge >= 0.3 is 5.97 Å². The van der Waals surface area contributed by atoms with Crippen LogP contribution in [0.5, 0.6) is 17.2 Å². The van der Waals surface area contributed by atoms with E-state index < -0.39 is 0 Å². The molecule has 1 aliphatic rings. The van der Waals surface area contributed by atoms with Gasteiger partial charge in [-0.3, -0.25) is 4.79 Å². The Bertz CT molecular complexity index is 672. The van der Waals surface area contributed by atoms with Crippen molar-refractivity contribution in [3.8, 4) is 17.2 Å². The van der Waals surface area contributed by atoms with Crippen LogP contribution in [0.1, 0.15) is 12.5 Å². The van der Waals surface area contributed by atoms with Crippen LogP contribution in [0.25, 0.3) is 0 Å². The van der Waals surface area contributed by atoms with Gasteiger partial charge in [0.2, 0.25) is 0 Å². The molecule has 4 nitrogen and oxygen atoms in total. The van der Waals surface area contributed by atoms with Gasteiger partial charge in [-0.2, -0.15) is 0 Å². The smallest absolute Gasteiger partial charge is 0.324 e. The van der Waals surface area contributed by atoms with Crippen LogP contribution in [0.4, 0.5) is 0 Å². The Morgan fingerprint density at radius 2 is 1.87 bits per heavy atom. The maximum Gasteiger partial charge on any atom is 0.324 e. The maximum absolute atomic E-state index is 12.2. The molecule has 1 heterocycles. The summed E-state index contributed by atoms with van der Waals surface area (Å²) < 4.78 is 16.4. The second-order valence-corrected chi connectivity index (χ2v) is 6.49. The molecule has 0 spiro atoms. The summed E-state index contributed by atoms with van der Waals surface area (Å²) in [6, 6.07) is 15.2. The second-order valence-electron chi connectivity index (χ2n) is 5.17. The van der Waals surface area contributed by atoms with Gasteiger partial charge in [-0.05, 0) is 24.6 Å². The average molecular weight is 330 g/mol. The maximum atomic E-state index is 12.2. The molecule has 0 aromatic heterocycles. The molecule has 2 aromatic carbocycles. The van der Waals surface area contributed by atoms with Crippen molar-refractivity contribution in [2.45, 2.75) is 17.9 Å². The van der Waals surface area contributed by atoms with Crippen LogP contribution in [0.15, 0.2) is 48.5 Å². The van der Waals surface area contributed by atoms with Crippen molar-refractivity contribution < 1.29 is 19.0 Å². The largest absolute Gasteiger partial charge is 0.486 e. The van der Waals surface area contributed by atoms with Crippen LogP contribution < -0.4 is 14.2 Å². The second kappa shape index (κ2) is 7.42. The minimum Gasteiger partial charge on any atom is -0.486 e. The number of ether oxygens (including phenoxy) is 3. The summed E-state index contributed by atoms with van der Waals surface area (Å²) in [5.74, 6) is 2.29. The van der Waals surface area contributed by atoms with Gasteiger partial charge in [0, 0.05) is 11.8 Å². The molecular formula is C18H18O4S. The van der Waals surface area contributed by atoms with E-state index in [0.29, 0.717) is 30.5 Å². The number of rotatable bonds is 5. The molecule has 5 heteroatoms. The minimum atomic E-state index is -0.261. The molecule has 0 saturated heterocycles. The van der Waals surface area contributed by atoms with Crippen LogP contribution in [0.2, 0.25) is 0 Å². The van der Waals surface area contributed by atoms with Crippen molar-refractivity contribution in [3.05, 3.63) is 54.1 Å². The summed E-state index contributed by atoms with van der Waals surface area (Å²) in [6.45, 7) is 2.90. The Hall–Kier alpha value is -2.14. The van der Waals surface area contributed by atoms with Gasteiger partial charge < -0.3 is 14.2 Å². The summed E-state index contributed by atoms with van der Waals surface area (Å²) in [5.41, 5.74) is 1.19. The van der Waals surface area contributed by atoms with Crippen LogP contribution in [0.3, 0.4) is 0 Å². The molecule has 0 N–H and O–H groups in total. The highest BCUT2D eigenvalue weighted by atomic mass is 32.2. The Morgan fingerprint density at radius 3 is 2.65 bits per heavy atom.